The van der Waals surface area contributed by atoms with Crippen LogP contribution in [-0.2, 0) is 17.6 Å². The number of carbonyl (C=O) groups excluding carboxylic acids is 1. The van der Waals surface area contributed by atoms with Crippen molar-refractivity contribution in [3.05, 3.63) is 29.3 Å². The molecule has 1 aliphatic carbocycles. The molecule has 0 aliphatic heterocycles. The van der Waals surface area contributed by atoms with E-state index in [0.717, 1.165) is 5.56 Å². The quantitative estimate of drug-likeness (QED) is 0.626. The molecule has 2 nitrogen and oxygen atoms in total. The summed E-state index contributed by atoms with van der Waals surface area (Å²) in [5.41, 5.74) is 1.21. The first-order valence-electron chi connectivity index (χ1n) is 4.76. The van der Waals surface area contributed by atoms with Gasteiger partial charge >= 0.3 is 0 Å². The van der Waals surface area contributed by atoms with E-state index in [-0.39, 0.29) is 12.2 Å². The Kier molecular flexibility index (Phi) is 1.17. The third kappa shape index (κ3) is 1.09. The van der Waals surface area contributed by atoms with Crippen LogP contribution >= 0.6 is 0 Å². The van der Waals surface area contributed by atoms with Crippen molar-refractivity contribution in [2.24, 2.45) is 0 Å². The third-order valence-corrected chi connectivity index (χ3v) is 1.94. The molecule has 0 atom stereocenters. The van der Waals surface area contributed by atoms with Crippen molar-refractivity contribution >= 4 is 5.78 Å². The number of benzene rings is 1. The summed E-state index contributed by atoms with van der Waals surface area (Å²) >= 11 is 0. The zero-order valence-electron chi connectivity index (χ0n) is 8.76. The van der Waals surface area contributed by atoms with Gasteiger partial charge in [-0.3, -0.25) is 4.79 Å². The van der Waals surface area contributed by atoms with Gasteiger partial charge in [0, 0.05) is 15.5 Å². The number of rotatable bonds is 1. The molecule has 0 fully saturated rings. The first kappa shape index (κ1) is 5.36. The summed E-state index contributed by atoms with van der Waals surface area (Å²) in [7, 11) is 1.52. The van der Waals surface area contributed by atoms with Crippen LogP contribution < -0.4 is 4.74 Å². The molecule has 12 heavy (non-hydrogen) atoms. The zero-order valence-corrected chi connectivity index (χ0v) is 6.76. The lowest BCUT2D eigenvalue weighted by Gasteiger charge is -2.01. The normalized spacial score (nSPS) is 21.2. The Labute approximate surface area is 74.0 Å². The van der Waals surface area contributed by atoms with Gasteiger partial charge in [0.15, 0.2) is 0 Å². The zero-order chi connectivity index (χ0) is 10.3. The summed E-state index contributed by atoms with van der Waals surface area (Å²) in [6.45, 7) is 0. The van der Waals surface area contributed by atoms with Crippen LogP contribution in [0.3, 0.4) is 0 Å². The Morgan fingerprint density at radius 2 is 2.33 bits per heavy atom. The van der Waals surface area contributed by atoms with E-state index in [1.54, 1.807) is 18.2 Å². The van der Waals surface area contributed by atoms with Crippen molar-refractivity contribution in [3.8, 4) is 5.75 Å². The van der Waals surface area contributed by atoms with Gasteiger partial charge in [-0.15, -0.1) is 0 Å². The summed E-state index contributed by atoms with van der Waals surface area (Å²) in [5, 5.41) is 0. The summed E-state index contributed by atoms with van der Waals surface area (Å²) in [4.78, 5) is 11.3. The molecule has 2 heteroatoms. The number of methoxy groups -OCH3 is 1. The minimum Gasteiger partial charge on any atom is -0.497 e. The van der Waals surface area contributed by atoms with Gasteiger partial charge in [-0.1, -0.05) is 6.07 Å². The number of Topliss-reactive ketones (excluding diaryl/α,β-unsaturated/α-hetero) is 1. The molecular weight excluding hydrogens is 152 g/mol. The second kappa shape index (κ2) is 2.63. The van der Waals surface area contributed by atoms with Crippen LogP contribution in [0.4, 0.5) is 0 Å². The first-order chi connectivity index (χ1) is 6.55. The Bertz CT molecular complexity index is 399. The second-order valence-corrected chi connectivity index (χ2v) is 2.75. The van der Waals surface area contributed by atoms with E-state index in [0.29, 0.717) is 11.3 Å². The molecule has 1 aliphatic rings. The van der Waals surface area contributed by atoms with Crippen LogP contribution in [0.5, 0.6) is 5.75 Å². The molecular formula is C10H10O2. The fourth-order valence-corrected chi connectivity index (χ4v) is 1.32. The molecule has 0 N–H and O–H groups in total. The molecule has 1 aromatic rings. The molecule has 0 amide bonds. The summed E-state index contributed by atoms with van der Waals surface area (Å²) in [5.74, 6) is 0.211. The number of ketones is 1. The fourth-order valence-electron chi connectivity index (χ4n) is 1.32. The predicted molar refractivity (Wildman–Crippen MR) is 45.4 cm³/mol. The molecule has 0 bridgehead atoms. The SMILES string of the molecule is [2H]C1([2H])C(=O)Cc2ccc(OC)cc21. The Morgan fingerprint density at radius 3 is 3.08 bits per heavy atom. The Hall–Kier alpha value is -1.31. The van der Waals surface area contributed by atoms with Gasteiger partial charge in [-0.05, 0) is 23.3 Å². The molecule has 0 spiro atoms. The van der Waals surface area contributed by atoms with Gasteiger partial charge in [0.05, 0.1) is 7.11 Å². The number of fused-ring (bicyclic) bond motifs is 1. The smallest absolute Gasteiger partial charge is 0.141 e. The average molecular weight is 164 g/mol. The number of ether oxygens (including phenoxy) is 1. The minimum absolute atomic E-state index is 0.187. The highest BCUT2D eigenvalue weighted by Gasteiger charge is 2.18. The van der Waals surface area contributed by atoms with E-state index < -0.39 is 6.37 Å². The number of hydrogen-bond acceptors (Lipinski definition) is 2. The van der Waals surface area contributed by atoms with Gasteiger partial charge in [0.2, 0.25) is 0 Å². The van der Waals surface area contributed by atoms with Gasteiger partial charge in [-0.2, -0.15) is 0 Å². The lowest BCUT2D eigenvalue weighted by Crippen LogP contribution is -1.92. The van der Waals surface area contributed by atoms with Gasteiger partial charge < -0.3 is 4.74 Å². The first-order valence-corrected chi connectivity index (χ1v) is 3.76. The molecule has 0 heterocycles. The standard InChI is InChI=1S/C10H10O2/c1-12-10-3-2-7-4-9(11)5-8(7)6-10/h2-3,6H,4-5H2,1H3/i5D2. The van der Waals surface area contributed by atoms with E-state index in [4.69, 9.17) is 7.48 Å². The van der Waals surface area contributed by atoms with Crippen LogP contribution in [0.2, 0.25) is 0 Å². The van der Waals surface area contributed by atoms with E-state index in [2.05, 4.69) is 0 Å². The van der Waals surface area contributed by atoms with Crippen molar-refractivity contribution in [1.29, 1.82) is 0 Å². The highest BCUT2D eigenvalue weighted by Crippen LogP contribution is 2.23. The summed E-state index contributed by atoms with van der Waals surface area (Å²) in [6.07, 6.45) is -1.66. The number of hydrogen-bond donors (Lipinski definition) is 0. The minimum atomic E-state index is -1.84. The van der Waals surface area contributed by atoms with Gasteiger partial charge in [-0.25, -0.2) is 0 Å². The Morgan fingerprint density at radius 1 is 1.50 bits per heavy atom. The molecule has 62 valence electrons. The highest BCUT2D eigenvalue weighted by atomic mass is 16.5. The van der Waals surface area contributed by atoms with Crippen LogP contribution in [0.15, 0.2) is 18.2 Å². The molecule has 0 saturated carbocycles. The molecule has 0 aromatic heterocycles. The van der Waals surface area contributed by atoms with E-state index in [9.17, 15) is 4.79 Å². The molecule has 2 rings (SSSR count). The molecule has 1 aromatic carbocycles. The maximum absolute atomic E-state index is 11.3. The van der Waals surface area contributed by atoms with Gasteiger partial charge in [0.1, 0.15) is 11.5 Å². The monoisotopic (exact) mass is 164 g/mol. The highest BCUT2D eigenvalue weighted by molar-refractivity contribution is 5.88. The van der Waals surface area contributed by atoms with E-state index in [1.165, 1.54) is 7.11 Å². The topological polar surface area (TPSA) is 26.3 Å². The molecule has 0 radical (unpaired) electrons. The van der Waals surface area contributed by atoms with Crippen LogP contribution in [-0.4, -0.2) is 12.9 Å². The molecule has 0 unspecified atom stereocenters. The third-order valence-electron chi connectivity index (χ3n) is 1.94. The van der Waals surface area contributed by atoms with Crippen molar-refractivity contribution < 1.29 is 12.3 Å². The number of carbonyl (C=O) groups is 1. The van der Waals surface area contributed by atoms with Crippen molar-refractivity contribution in [2.75, 3.05) is 7.11 Å². The lowest BCUT2D eigenvalue weighted by molar-refractivity contribution is -0.117. The van der Waals surface area contributed by atoms with Crippen molar-refractivity contribution in [3.63, 3.8) is 0 Å². The van der Waals surface area contributed by atoms with Crippen molar-refractivity contribution in [2.45, 2.75) is 12.8 Å². The second-order valence-electron chi connectivity index (χ2n) is 2.75. The van der Waals surface area contributed by atoms with Gasteiger partial charge in [0.25, 0.3) is 0 Å². The fraction of sp³-hybridized carbons (Fsp3) is 0.300. The van der Waals surface area contributed by atoms with Crippen LogP contribution in [0.25, 0.3) is 0 Å². The van der Waals surface area contributed by atoms with E-state index >= 15 is 0 Å². The average Bonchev–Trinajstić information content (AvgIpc) is 2.38. The Balaban J connectivity index is 2.56. The summed E-state index contributed by atoms with van der Waals surface area (Å²) in [6, 6.07) is 5.09. The largest absolute Gasteiger partial charge is 0.497 e. The maximum Gasteiger partial charge on any atom is 0.141 e. The van der Waals surface area contributed by atoms with E-state index in [1.807, 2.05) is 0 Å². The molecule has 0 saturated heterocycles. The lowest BCUT2D eigenvalue weighted by atomic mass is 10.1. The maximum atomic E-state index is 11.3. The predicted octanol–water partition coefficient (Wildman–Crippen LogP) is 1.36. The van der Waals surface area contributed by atoms with Crippen LogP contribution in [0, 0.1) is 0 Å². The van der Waals surface area contributed by atoms with Crippen molar-refractivity contribution in [1.82, 2.24) is 0 Å². The van der Waals surface area contributed by atoms with Crippen LogP contribution in [0.1, 0.15) is 13.9 Å². The summed E-state index contributed by atoms with van der Waals surface area (Å²) < 4.78 is 20.2.